The normalized spacial score (nSPS) is 15.8. The van der Waals surface area contributed by atoms with Crippen LogP contribution in [0.4, 0.5) is 5.82 Å². The predicted molar refractivity (Wildman–Crippen MR) is 44.6 cm³/mol. The maximum absolute atomic E-state index is 4.76. The van der Waals surface area contributed by atoms with Crippen molar-refractivity contribution in [2.24, 2.45) is 0 Å². The third-order valence-electron chi connectivity index (χ3n) is 1.88. The van der Waals surface area contributed by atoms with Gasteiger partial charge in [-0.2, -0.15) is 5.10 Å². The predicted octanol–water partition coefficient (Wildman–Crippen LogP) is -0.0404. The van der Waals surface area contributed by atoms with Gasteiger partial charge in [-0.25, -0.2) is 5.48 Å². The molecule has 66 valence electrons. The molecule has 0 bridgehead atoms. The van der Waals surface area contributed by atoms with Crippen molar-refractivity contribution in [3.8, 4) is 0 Å². The molecule has 1 aromatic heterocycles. The van der Waals surface area contributed by atoms with Gasteiger partial charge in [0.25, 0.3) is 0 Å². The highest BCUT2D eigenvalue weighted by Crippen LogP contribution is 2.11. The van der Waals surface area contributed by atoms with Crippen molar-refractivity contribution in [3.63, 3.8) is 0 Å². The molecule has 5 heteroatoms. The molecular formula is C7H12N4O. The number of hydrogen-bond acceptors (Lipinski definition) is 4. The van der Waals surface area contributed by atoms with Crippen LogP contribution in [-0.2, 0) is 17.9 Å². The minimum absolute atomic E-state index is 0.774. The number of hydrogen-bond donors (Lipinski definition) is 2. The summed E-state index contributed by atoms with van der Waals surface area (Å²) in [5.74, 6) is 0.774. The maximum atomic E-state index is 4.76. The van der Waals surface area contributed by atoms with Gasteiger partial charge in [0.05, 0.1) is 19.3 Å². The van der Waals surface area contributed by atoms with E-state index in [9.17, 15) is 0 Å². The molecule has 2 heterocycles. The Kier molecular flexibility index (Phi) is 1.97. The van der Waals surface area contributed by atoms with Crippen LogP contribution in [-0.4, -0.2) is 23.4 Å². The summed E-state index contributed by atoms with van der Waals surface area (Å²) in [7, 11) is 1.58. The van der Waals surface area contributed by atoms with Crippen LogP contribution in [0.5, 0.6) is 0 Å². The maximum Gasteiger partial charge on any atom is 0.171 e. The molecule has 0 aromatic carbocycles. The summed E-state index contributed by atoms with van der Waals surface area (Å²) in [6.45, 7) is 2.81. The van der Waals surface area contributed by atoms with Gasteiger partial charge in [0.1, 0.15) is 0 Å². The van der Waals surface area contributed by atoms with Crippen LogP contribution in [0, 0.1) is 0 Å². The lowest BCUT2D eigenvalue weighted by atomic mass is 10.3. The van der Waals surface area contributed by atoms with Crippen LogP contribution in [0.2, 0.25) is 0 Å². The Morgan fingerprint density at radius 1 is 1.75 bits per heavy atom. The molecule has 0 atom stereocenters. The number of anilines is 1. The first-order chi connectivity index (χ1) is 5.90. The minimum Gasteiger partial charge on any atom is -0.309 e. The second kappa shape index (κ2) is 3.12. The number of aromatic nitrogens is 2. The third kappa shape index (κ3) is 1.28. The van der Waals surface area contributed by atoms with Gasteiger partial charge in [0.15, 0.2) is 5.82 Å². The highest BCUT2D eigenvalue weighted by atomic mass is 16.6. The zero-order chi connectivity index (χ0) is 8.39. The standard InChI is InChI=1S/C7H12N4O/c1-12-10-7-4-6-5-8-2-3-11(6)9-7/h4,8H,2-3,5H2,1H3,(H,9,10). The van der Waals surface area contributed by atoms with Gasteiger partial charge < -0.3 is 5.32 Å². The lowest BCUT2D eigenvalue weighted by molar-refractivity contribution is 0.268. The average Bonchev–Trinajstić information content (AvgIpc) is 2.47. The fourth-order valence-corrected chi connectivity index (χ4v) is 1.35. The fourth-order valence-electron chi connectivity index (χ4n) is 1.35. The van der Waals surface area contributed by atoms with E-state index >= 15 is 0 Å². The number of nitrogens with one attached hydrogen (secondary N) is 2. The van der Waals surface area contributed by atoms with Crippen molar-refractivity contribution in [1.82, 2.24) is 15.1 Å². The SMILES string of the molecule is CONc1cc2n(n1)CCNC2. The highest BCUT2D eigenvalue weighted by molar-refractivity contribution is 5.33. The van der Waals surface area contributed by atoms with Gasteiger partial charge >= 0.3 is 0 Å². The van der Waals surface area contributed by atoms with Crippen LogP contribution in [0.1, 0.15) is 5.69 Å². The van der Waals surface area contributed by atoms with Crippen LogP contribution in [0.3, 0.4) is 0 Å². The van der Waals surface area contributed by atoms with Crippen molar-refractivity contribution in [2.75, 3.05) is 19.1 Å². The van der Waals surface area contributed by atoms with Crippen molar-refractivity contribution < 1.29 is 4.84 Å². The molecular weight excluding hydrogens is 156 g/mol. The number of nitrogens with zero attached hydrogens (tertiary/aromatic N) is 2. The Labute approximate surface area is 70.7 Å². The second-order valence-electron chi connectivity index (χ2n) is 2.73. The molecule has 1 aromatic rings. The Morgan fingerprint density at radius 2 is 2.67 bits per heavy atom. The summed E-state index contributed by atoms with van der Waals surface area (Å²) in [5.41, 5.74) is 3.90. The molecule has 2 N–H and O–H groups in total. The first kappa shape index (κ1) is 7.57. The molecule has 1 aliphatic heterocycles. The van der Waals surface area contributed by atoms with E-state index in [0.29, 0.717) is 0 Å². The largest absolute Gasteiger partial charge is 0.309 e. The van der Waals surface area contributed by atoms with Crippen LogP contribution in [0.25, 0.3) is 0 Å². The molecule has 0 radical (unpaired) electrons. The van der Waals surface area contributed by atoms with Gasteiger partial charge in [0, 0.05) is 19.2 Å². The van der Waals surface area contributed by atoms with Crippen molar-refractivity contribution in [1.29, 1.82) is 0 Å². The van der Waals surface area contributed by atoms with E-state index in [2.05, 4.69) is 15.9 Å². The third-order valence-corrected chi connectivity index (χ3v) is 1.88. The van der Waals surface area contributed by atoms with Crippen molar-refractivity contribution in [3.05, 3.63) is 11.8 Å². The van der Waals surface area contributed by atoms with E-state index in [1.54, 1.807) is 7.11 Å². The molecule has 1 aliphatic rings. The minimum atomic E-state index is 0.774. The molecule has 12 heavy (non-hydrogen) atoms. The topological polar surface area (TPSA) is 51.1 Å². The van der Waals surface area contributed by atoms with E-state index in [0.717, 1.165) is 25.5 Å². The first-order valence-corrected chi connectivity index (χ1v) is 3.96. The lowest BCUT2D eigenvalue weighted by Gasteiger charge is -2.13. The van der Waals surface area contributed by atoms with Crippen LogP contribution < -0.4 is 10.8 Å². The van der Waals surface area contributed by atoms with E-state index < -0.39 is 0 Å². The van der Waals surface area contributed by atoms with Gasteiger partial charge in [-0.05, 0) is 0 Å². The molecule has 0 fully saturated rings. The molecule has 0 saturated heterocycles. The van der Waals surface area contributed by atoms with Crippen LogP contribution >= 0.6 is 0 Å². The van der Waals surface area contributed by atoms with Gasteiger partial charge in [-0.15, -0.1) is 0 Å². The summed E-state index contributed by atoms with van der Waals surface area (Å²) in [5, 5.41) is 7.55. The van der Waals surface area contributed by atoms with Gasteiger partial charge in [0.2, 0.25) is 0 Å². The van der Waals surface area contributed by atoms with E-state index in [1.165, 1.54) is 5.69 Å². The smallest absolute Gasteiger partial charge is 0.171 e. The van der Waals surface area contributed by atoms with Gasteiger partial charge in [-0.3, -0.25) is 9.52 Å². The molecule has 0 amide bonds. The Morgan fingerprint density at radius 3 is 3.42 bits per heavy atom. The molecule has 5 nitrogen and oxygen atoms in total. The van der Waals surface area contributed by atoms with Crippen molar-refractivity contribution >= 4 is 5.82 Å². The molecule has 2 rings (SSSR count). The zero-order valence-electron chi connectivity index (χ0n) is 7.00. The monoisotopic (exact) mass is 168 g/mol. The zero-order valence-corrected chi connectivity index (χ0v) is 7.00. The molecule has 0 spiro atoms. The highest BCUT2D eigenvalue weighted by Gasteiger charge is 2.10. The average molecular weight is 168 g/mol. The number of fused-ring (bicyclic) bond motifs is 1. The Hall–Kier alpha value is -1.07. The second-order valence-corrected chi connectivity index (χ2v) is 2.73. The summed E-state index contributed by atoms with van der Waals surface area (Å²) in [6.07, 6.45) is 0. The quantitative estimate of drug-likeness (QED) is 0.608. The first-order valence-electron chi connectivity index (χ1n) is 3.96. The van der Waals surface area contributed by atoms with Gasteiger partial charge in [-0.1, -0.05) is 0 Å². The van der Waals surface area contributed by atoms with E-state index in [1.807, 2.05) is 10.7 Å². The molecule has 0 aliphatic carbocycles. The van der Waals surface area contributed by atoms with Crippen LogP contribution in [0.15, 0.2) is 6.07 Å². The Bertz CT molecular complexity index is 247. The lowest BCUT2D eigenvalue weighted by Crippen LogP contribution is -2.28. The fraction of sp³-hybridized carbons (Fsp3) is 0.571. The van der Waals surface area contributed by atoms with E-state index in [4.69, 9.17) is 4.84 Å². The summed E-state index contributed by atoms with van der Waals surface area (Å²) < 4.78 is 1.98. The summed E-state index contributed by atoms with van der Waals surface area (Å²) in [4.78, 5) is 4.76. The van der Waals surface area contributed by atoms with E-state index in [-0.39, 0.29) is 0 Å². The van der Waals surface area contributed by atoms with Crippen molar-refractivity contribution in [2.45, 2.75) is 13.1 Å². The molecule has 0 unspecified atom stereocenters. The number of rotatable bonds is 2. The summed E-state index contributed by atoms with van der Waals surface area (Å²) >= 11 is 0. The summed E-state index contributed by atoms with van der Waals surface area (Å²) in [6, 6.07) is 1.98. The Balaban J connectivity index is 2.20. The molecule has 0 saturated carbocycles.